The highest BCUT2D eigenvalue weighted by Crippen LogP contribution is 2.14. The molecule has 0 aromatic heterocycles. The molecule has 1 aromatic carbocycles. The van der Waals surface area contributed by atoms with Crippen LogP contribution in [-0.2, 0) is 0 Å². The van der Waals surface area contributed by atoms with E-state index in [1.54, 1.807) is 17.1 Å². The first-order valence-electron chi connectivity index (χ1n) is 3.29. The average Bonchev–Trinajstić information content (AvgIpc) is 2.09. The molecule has 0 fully saturated rings. The van der Waals surface area contributed by atoms with Crippen LogP contribution >= 0.6 is 15.9 Å². The van der Waals surface area contributed by atoms with Gasteiger partial charge in [0, 0.05) is 10.6 Å². The van der Waals surface area contributed by atoms with Gasteiger partial charge in [-0.2, -0.15) is 0 Å². The number of azide groups is 1. The van der Waals surface area contributed by atoms with Crippen LogP contribution in [-0.4, -0.2) is 0 Å². The van der Waals surface area contributed by atoms with Gasteiger partial charge in [0.05, 0.1) is 0 Å². The van der Waals surface area contributed by atoms with Gasteiger partial charge in [0.1, 0.15) is 0 Å². The van der Waals surface area contributed by atoms with Gasteiger partial charge in [-0.3, -0.25) is 0 Å². The van der Waals surface area contributed by atoms with Crippen LogP contribution < -0.4 is 0 Å². The van der Waals surface area contributed by atoms with Crippen LogP contribution in [0.1, 0.15) is 5.56 Å². The van der Waals surface area contributed by atoms with Crippen LogP contribution in [0.15, 0.2) is 34.4 Å². The highest BCUT2D eigenvalue weighted by Gasteiger charge is 1.87. The van der Waals surface area contributed by atoms with E-state index in [1.165, 1.54) is 0 Å². The molecule has 0 saturated carbocycles. The zero-order chi connectivity index (χ0) is 8.81. The van der Waals surface area contributed by atoms with Gasteiger partial charge in [-0.15, -0.1) is 0 Å². The van der Waals surface area contributed by atoms with E-state index in [2.05, 4.69) is 26.0 Å². The molecule has 4 heteroatoms. The summed E-state index contributed by atoms with van der Waals surface area (Å²) in [5, 5.41) is 3.45. The number of rotatable bonds is 2. The first-order valence-corrected chi connectivity index (χ1v) is 4.20. The lowest BCUT2D eigenvalue weighted by Gasteiger charge is -1.92. The Hall–Kier alpha value is -1.25. The van der Waals surface area contributed by atoms with Crippen molar-refractivity contribution in [2.24, 2.45) is 5.11 Å². The lowest BCUT2D eigenvalue weighted by Crippen LogP contribution is -1.67. The number of hydrogen-bond acceptors (Lipinski definition) is 1. The first kappa shape index (κ1) is 8.84. The molecule has 0 aliphatic rings. The van der Waals surface area contributed by atoms with Gasteiger partial charge < -0.3 is 0 Å². The topological polar surface area (TPSA) is 48.8 Å². The summed E-state index contributed by atoms with van der Waals surface area (Å²) < 4.78 is 0. The zero-order valence-corrected chi connectivity index (χ0v) is 7.77. The molecule has 0 aliphatic heterocycles. The molecule has 0 N–H and O–H groups in total. The Balaban J connectivity index is 2.92. The van der Waals surface area contributed by atoms with Crippen LogP contribution in [0.4, 0.5) is 5.69 Å². The predicted octanol–water partition coefficient (Wildman–Crippen LogP) is 3.99. The van der Waals surface area contributed by atoms with Gasteiger partial charge in [0.25, 0.3) is 0 Å². The molecule has 0 spiro atoms. The van der Waals surface area contributed by atoms with Gasteiger partial charge in [-0.05, 0) is 22.2 Å². The third-order valence-corrected chi connectivity index (χ3v) is 1.57. The minimum Gasteiger partial charge on any atom is -0.0608 e. The van der Waals surface area contributed by atoms with Crippen molar-refractivity contribution >= 4 is 27.7 Å². The van der Waals surface area contributed by atoms with E-state index in [-0.39, 0.29) is 0 Å². The second kappa shape index (κ2) is 4.59. The van der Waals surface area contributed by atoms with Gasteiger partial charge in [-0.25, -0.2) is 0 Å². The van der Waals surface area contributed by atoms with E-state index in [9.17, 15) is 0 Å². The smallest absolute Gasteiger partial charge is 0.0375 e. The average molecular weight is 224 g/mol. The molecular weight excluding hydrogens is 218 g/mol. The Kier molecular flexibility index (Phi) is 3.38. The molecule has 12 heavy (non-hydrogen) atoms. The third-order valence-electron chi connectivity index (χ3n) is 1.31. The Bertz CT molecular complexity index is 323. The number of hydrogen-bond donors (Lipinski definition) is 0. The van der Waals surface area contributed by atoms with Gasteiger partial charge >= 0.3 is 0 Å². The fourth-order valence-corrected chi connectivity index (χ4v) is 1.08. The van der Waals surface area contributed by atoms with E-state index in [4.69, 9.17) is 5.53 Å². The molecule has 0 radical (unpaired) electrons. The molecule has 0 bridgehead atoms. The Morgan fingerprint density at radius 1 is 1.33 bits per heavy atom. The summed E-state index contributed by atoms with van der Waals surface area (Å²) in [5.74, 6) is 0. The highest BCUT2D eigenvalue weighted by atomic mass is 79.9. The molecule has 0 amide bonds. The Morgan fingerprint density at radius 2 is 2.00 bits per heavy atom. The predicted molar refractivity (Wildman–Crippen MR) is 53.2 cm³/mol. The van der Waals surface area contributed by atoms with E-state index in [0.717, 1.165) is 5.56 Å². The third kappa shape index (κ3) is 2.42. The van der Waals surface area contributed by atoms with Crippen molar-refractivity contribution in [2.45, 2.75) is 0 Å². The summed E-state index contributed by atoms with van der Waals surface area (Å²) in [7, 11) is 0. The zero-order valence-electron chi connectivity index (χ0n) is 6.18. The van der Waals surface area contributed by atoms with Crippen molar-refractivity contribution in [3.63, 3.8) is 0 Å². The lowest BCUT2D eigenvalue weighted by molar-refractivity contribution is 1.47. The van der Waals surface area contributed by atoms with E-state index in [0.29, 0.717) is 5.69 Å². The van der Waals surface area contributed by atoms with Gasteiger partial charge in [-0.1, -0.05) is 45.3 Å². The number of halogens is 1. The van der Waals surface area contributed by atoms with Crippen LogP contribution in [0.3, 0.4) is 0 Å². The molecule has 0 aliphatic carbocycles. The summed E-state index contributed by atoms with van der Waals surface area (Å²) in [6, 6.07) is 7.29. The van der Waals surface area contributed by atoms with E-state index >= 15 is 0 Å². The summed E-state index contributed by atoms with van der Waals surface area (Å²) in [4.78, 5) is 4.45. The first-order chi connectivity index (χ1) is 5.86. The minimum atomic E-state index is 0.629. The van der Waals surface area contributed by atoms with Crippen molar-refractivity contribution in [3.8, 4) is 0 Å². The minimum absolute atomic E-state index is 0.629. The SMILES string of the molecule is [N-]=[N+]=Nc1ccc(/C=C\Br)cc1. The molecular formula is C8H6BrN3. The van der Waals surface area contributed by atoms with Gasteiger partial charge in [0.2, 0.25) is 0 Å². The summed E-state index contributed by atoms with van der Waals surface area (Å²) >= 11 is 3.17. The second-order valence-electron chi connectivity index (χ2n) is 2.07. The second-order valence-corrected chi connectivity index (χ2v) is 2.60. The van der Waals surface area contributed by atoms with Crippen molar-refractivity contribution in [2.75, 3.05) is 0 Å². The highest BCUT2D eigenvalue weighted by molar-refractivity contribution is 9.11. The van der Waals surface area contributed by atoms with Crippen molar-refractivity contribution < 1.29 is 0 Å². The van der Waals surface area contributed by atoms with Gasteiger partial charge in [0.15, 0.2) is 0 Å². The Morgan fingerprint density at radius 3 is 2.50 bits per heavy atom. The van der Waals surface area contributed by atoms with Crippen LogP contribution in [0, 0.1) is 0 Å². The largest absolute Gasteiger partial charge is 0.0608 e. The van der Waals surface area contributed by atoms with E-state index < -0.39 is 0 Å². The molecule has 1 rings (SSSR count). The molecule has 60 valence electrons. The Labute approximate surface area is 78.5 Å². The maximum atomic E-state index is 8.13. The molecule has 3 nitrogen and oxygen atoms in total. The fourth-order valence-electron chi connectivity index (χ4n) is 0.776. The van der Waals surface area contributed by atoms with Crippen LogP contribution in [0.5, 0.6) is 0 Å². The lowest BCUT2D eigenvalue weighted by atomic mass is 10.2. The molecule has 0 atom stereocenters. The maximum absolute atomic E-state index is 8.13. The van der Waals surface area contributed by atoms with Crippen molar-refractivity contribution in [1.29, 1.82) is 0 Å². The van der Waals surface area contributed by atoms with Crippen molar-refractivity contribution in [1.82, 2.24) is 0 Å². The summed E-state index contributed by atoms with van der Waals surface area (Å²) in [6.45, 7) is 0. The van der Waals surface area contributed by atoms with Crippen LogP contribution in [0.2, 0.25) is 0 Å². The summed E-state index contributed by atoms with van der Waals surface area (Å²) in [6.07, 6.45) is 1.90. The molecule has 0 unspecified atom stereocenters. The quantitative estimate of drug-likeness (QED) is 0.414. The summed E-state index contributed by atoms with van der Waals surface area (Å²) in [5.41, 5.74) is 9.82. The van der Waals surface area contributed by atoms with Crippen LogP contribution in [0.25, 0.3) is 16.5 Å². The molecule has 0 saturated heterocycles. The fraction of sp³-hybridized carbons (Fsp3) is 0. The standard InChI is InChI=1S/C8H6BrN3/c9-6-5-7-1-3-8(4-2-7)11-12-10/h1-6H/b6-5-. The van der Waals surface area contributed by atoms with E-state index in [1.807, 2.05) is 18.2 Å². The monoisotopic (exact) mass is 223 g/mol. The maximum Gasteiger partial charge on any atom is 0.0375 e. The number of nitrogens with zero attached hydrogens (tertiary/aromatic N) is 3. The normalized spacial score (nSPS) is 9.75. The number of benzene rings is 1. The van der Waals surface area contributed by atoms with Crippen molar-refractivity contribution in [3.05, 3.63) is 45.3 Å². The molecule has 1 aromatic rings. The molecule has 0 heterocycles.